The fraction of sp³-hybridized carbons (Fsp3) is 0.167. The van der Waals surface area contributed by atoms with Gasteiger partial charge in [-0.05, 0) is 51.8 Å². The van der Waals surface area contributed by atoms with Crippen LogP contribution < -0.4 is 4.84 Å². The molecule has 1 heterocycles. The molecule has 19 heavy (non-hydrogen) atoms. The van der Waals surface area contributed by atoms with E-state index < -0.39 is 11.6 Å². The minimum absolute atomic E-state index is 0.299. The van der Waals surface area contributed by atoms with Crippen molar-refractivity contribution in [3.05, 3.63) is 58.1 Å². The molecule has 0 aliphatic heterocycles. The van der Waals surface area contributed by atoms with E-state index in [9.17, 15) is 8.78 Å². The second-order valence-electron chi connectivity index (χ2n) is 3.90. The van der Waals surface area contributed by atoms with Crippen LogP contribution in [0.2, 0.25) is 0 Å². The third-order valence-electron chi connectivity index (χ3n) is 2.52. The number of benzene rings is 1. The highest BCUT2D eigenvalue weighted by molar-refractivity contribution is 9.10. The molecule has 0 unspecified atom stereocenters. The van der Waals surface area contributed by atoms with E-state index >= 15 is 0 Å². The van der Waals surface area contributed by atoms with Gasteiger partial charge in [-0.15, -0.1) is 0 Å². The van der Waals surface area contributed by atoms with E-state index in [0.29, 0.717) is 22.2 Å². The lowest BCUT2D eigenvalue weighted by atomic mass is 10.0. The first kappa shape index (κ1) is 14.3. The molecule has 0 saturated carbocycles. The first-order valence-corrected chi connectivity index (χ1v) is 6.53. The Bertz CT molecular complexity index is 562. The standard InChI is InChI=1S/C12H9BrClF2N3/c13-10-5-17-6-18-12(10)11(19-14)3-7-1-8(15)4-9(16)2-7/h1-2,4-6,11,19H,3H2/t11-/m0/s1. The van der Waals surface area contributed by atoms with E-state index in [1.807, 2.05) is 0 Å². The predicted octanol–water partition coefficient (Wildman–Crippen LogP) is 3.54. The zero-order chi connectivity index (χ0) is 13.8. The summed E-state index contributed by atoms with van der Waals surface area (Å²) in [7, 11) is 0. The Morgan fingerprint density at radius 3 is 2.53 bits per heavy atom. The van der Waals surface area contributed by atoms with E-state index in [4.69, 9.17) is 11.8 Å². The van der Waals surface area contributed by atoms with E-state index in [1.165, 1.54) is 18.5 Å². The van der Waals surface area contributed by atoms with Gasteiger partial charge in [0.25, 0.3) is 0 Å². The molecule has 0 aliphatic carbocycles. The van der Waals surface area contributed by atoms with Crippen molar-refractivity contribution in [2.45, 2.75) is 12.5 Å². The van der Waals surface area contributed by atoms with Crippen molar-refractivity contribution in [1.29, 1.82) is 0 Å². The molecule has 0 radical (unpaired) electrons. The number of rotatable bonds is 4. The lowest BCUT2D eigenvalue weighted by Gasteiger charge is -2.15. The summed E-state index contributed by atoms with van der Waals surface area (Å²) >= 11 is 8.99. The van der Waals surface area contributed by atoms with Crippen LogP contribution in [0.25, 0.3) is 0 Å². The average Bonchev–Trinajstić information content (AvgIpc) is 2.36. The van der Waals surface area contributed by atoms with Gasteiger partial charge in [-0.2, -0.15) is 0 Å². The number of halogens is 4. The van der Waals surface area contributed by atoms with Gasteiger partial charge >= 0.3 is 0 Å². The Morgan fingerprint density at radius 2 is 1.95 bits per heavy atom. The van der Waals surface area contributed by atoms with Crippen LogP contribution in [-0.4, -0.2) is 9.97 Å². The first-order chi connectivity index (χ1) is 9.10. The van der Waals surface area contributed by atoms with Gasteiger partial charge in [0.05, 0.1) is 16.2 Å². The summed E-state index contributed by atoms with van der Waals surface area (Å²) in [6.45, 7) is 0. The van der Waals surface area contributed by atoms with Gasteiger partial charge in [-0.3, -0.25) is 0 Å². The maximum Gasteiger partial charge on any atom is 0.126 e. The number of nitrogens with zero attached hydrogens (tertiary/aromatic N) is 2. The van der Waals surface area contributed by atoms with Crippen molar-refractivity contribution < 1.29 is 8.78 Å². The molecule has 0 aliphatic rings. The smallest absolute Gasteiger partial charge is 0.126 e. The Labute approximate surface area is 122 Å². The van der Waals surface area contributed by atoms with Crippen LogP contribution in [0.3, 0.4) is 0 Å². The van der Waals surface area contributed by atoms with Crippen LogP contribution in [0, 0.1) is 11.6 Å². The van der Waals surface area contributed by atoms with Gasteiger partial charge < -0.3 is 0 Å². The molecule has 1 aromatic carbocycles. The molecule has 0 amide bonds. The van der Waals surface area contributed by atoms with Crippen molar-refractivity contribution in [2.75, 3.05) is 0 Å². The Morgan fingerprint density at radius 1 is 1.26 bits per heavy atom. The van der Waals surface area contributed by atoms with Gasteiger partial charge in [0.15, 0.2) is 0 Å². The molecule has 0 fully saturated rings. The van der Waals surface area contributed by atoms with Crippen LogP contribution in [0.15, 0.2) is 35.2 Å². The maximum absolute atomic E-state index is 13.1. The number of hydrogen-bond donors (Lipinski definition) is 1. The van der Waals surface area contributed by atoms with Gasteiger partial charge in [-0.1, -0.05) is 0 Å². The molecule has 0 spiro atoms. The fourth-order valence-electron chi connectivity index (χ4n) is 1.73. The van der Waals surface area contributed by atoms with Crippen molar-refractivity contribution in [3.63, 3.8) is 0 Å². The molecule has 1 atom stereocenters. The zero-order valence-electron chi connectivity index (χ0n) is 9.58. The molecule has 0 saturated heterocycles. The third kappa shape index (κ3) is 3.68. The molecular formula is C12H9BrClF2N3. The second-order valence-corrected chi connectivity index (χ2v) is 4.97. The topological polar surface area (TPSA) is 37.8 Å². The van der Waals surface area contributed by atoms with Crippen LogP contribution in [0.4, 0.5) is 8.78 Å². The van der Waals surface area contributed by atoms with E-state index in [-0.39, 0.29) is 6.04 Å². The number of nitrogens with one attached hydrogen (secondary N) is 1. The SMILES string of the molecule is Fc1cc(F)cc(C[C@H](NCl)c2ncncc2Br)c1. The molecule has 100 valence electrons. The zero-order valence-corrected chi connectivity index (χ0v) is 11.9. The largest absolute Gasteiger partial charge is 0.244 e. The Kier molecular flexibility index (Phi) is 4.79. The fourth-order valence-corrected chi connectivity index (χ4v) is 2.41. The predicted molar refractivity (Wildman–Crippen MR) is 71.5 cm³/mol. The molecule has 3 nitrogen and oxygen atoms in total. The average molecular weight is 349 g/mol. The van der Waals surface area contributed by atoms with Gasteiger partial charge in [0.2, 0.25) is 0 Å². The minimum Gasteiger partial charge on any atom is -0.244 e. The first-order valence-electron chi connectivity index (χ1n) is 5.36. The Hall–Kier alpha value is -1.11. The maximum atomic E-state index is 13.1. The van der Waals surface area contributed by atoms with Crippen LogP contribution in [0.5, 0.6) is 0 Å². The lowest BCUT2D eigenvalue weighted by Crippen LogP contribution is -2.17. The minimum atomic E-state index is -0.620. The highest BCUT2D eigenvalue weighted by Crippen LogP contribution is 2.24. The molecule has 2 rings (SSSR count). The summed E-state index contributed by atoms with van der Waals surface area (Å²) in [4.78, 5) is 10.5. The second kappa shape index (κ2) is 6.36. The van der Waals surface area contributed by atoms with Crippen LogP contribution in [-0.2, 0) is 6.42 Å². The van der Waals surface area contributed by atoms with Gasteiger partial charge in [-0.25, -0.2) is 23.6 Å². The monoisotopic (exact) mass is 347 g/mol. The van der Waals surface area contributed by atoms with E-state index in [2.05, 4.69) is 30.7 Å². The van der Waals surface area contributed by atoms with Crippen molar-refractivity contribution >= 4 is 27.7 Å². The van der Waals surface area contributed by atoms with Gasteiger partial charge in [0.1, 0.15) is 18.0 Å². The van der Waals surface area contributed by atoms with Gasteiger partial charge in [0, 0.05) is 12.3 Å². The summed E-state index contributed by atoms with van der Waals surface area (Å²) in [6, 6.07) is 2.96. The van der Waals surface area contributed by atoms with Crippen molar-refractivity contribution in [3.8, 4) is 0 Å². The quantitative estimate of drug-likeness (QED) is 0.859. The molecule has 1 aromatic heterocycles. The summed E-state index contributed by atoms with van der Waals surface area (Å²) in [6.07, 6.45) is 3.26. The van der Waals surface area contributed by atoms with Crippen LogP contribution in [0.1, 0.15) is 17.3 Å². The summed E-state index contributed by atoms with van der Waals surface area (Å²) in [5, 5.41) is 0. The summed E-state index contributed by atoms with van der Waals surface area (Å²) in [5.74, 6) is -1.24. The number of aromatic nitrogens is 2. The number of hydrogen-bond acceptors (Lipinski definition) is 3. The summed E-state index contributed by atoms with van der Waals surface area (Å²) in [5.41, 5.74) is 1.11. The molecule has 7 heteroatoms. The molecule has 1 N–H and O–H groups in total. The van der Waals surface area contributed by atoms with Crippen molar-refractivity contribution in [2.24, 2.45) is 0 Å². The summed E-state index contributed by atoms with van der Waals surface area (Å²) < 4.78 is 26.9. The van der Waals surface area contributed by atoms with Crippen LogP contribution >= 0.6 is 27.7 Å². The van der Waals surface area contributed by atoms with E-state index in [1.54, 1.807) is 6.20 Å². The Balaban J connectivity index is 2.26. The van der Waals surface area contributed by atoms with E-state index in [0.717, 1.165) is 6.07 Å². The normalized spacial score (nSPS) is 12.4. The molecule has 2 aromatic rings. The van der Waals surface area contributed by atoms with Crippen molar-refractivity contribution in [1.82, 2.24) is 14.8 Å². The highest BCUT2D eigenvalue weighted by Gasteiger charge is 2.16. The lowest BCUT2D eigenvalue weighted by molar-refractivity contribution is 0.571. The highest BCUT2D eigenvalue weighted by atomic mass is 79.9. The third-order valence-corrected chi connectivity index (χ3v) is 3.39. The molecule has 0 bridgehead atoms. The molecular weight excluding hydrogens is 340 g/mol.